The molecule has 0 aromatic rings. The summed E-state index contributed by atoms with van der Waals surface area (Å²) in [5.41, 5.74) is -0.470. The van der Waals surface area contributed by atoms with Crippen molar-refractivity contribution in [3.63, 3.8) is 0 Å². The van der Waals surface area contributed by atoms with E-state index in [1.807, 2.05) is 0 Å². The molecule has 1 atom stereocenters. The van der Waals surface area contributed by atoms with Gasteiger partial charge in [-0.3, -0.25) is 9.59 Å². The molecule has 11 nitrogen and oxygen atoms in total. The molecule has 1 rings (SSSR count). The van der Waals surface area contributed by atoms with Crippen molar-refractivity contribution in [1.29, 1.82) is 0 Å². The molecule has 0 aromatic heterocycles. The Hall–Kier alpha value is -2.59. The van der Waals surface area contributed by atoms with Crippen LogP contribution in [0.25, 0.3) is 0 Å². The van der Waals surface area contributed by atoms with Gasteiger partial charge in [-0.1, -0.05) is 25.7 Å². The number of ether oxygens (including phenoxy) is 2. The number of nitrogens with zero attached hydrogens (tertiary/aromatic N) is 1. The normalized spacial score (nSPS) is 16.3. The summed E-state index contributed by atoms with van der Waals surface area (Å²) in [6.07, 6.45) is 4.09. The maximum Gasteiger partial charge on any atom is 0.410 e. The summed E-state index contributed by atoms with van der Waals surface area (Å²) in [4.78, 5) is 49.0. The third kappa shape index (κ3) is 11.1. The molecule has 1 unspecified atom stereocenters. The first kappa shape index (κ1) is 24.4. The summed E-state index contributed by atoms with van der Waals surface area (Å²) in [6, 6.07) is 0. The van der Waals surface area contributed by atoms with Crippen LogP contribution in [0, 0.1) is 15.5 Å². The van der Waals surface area contributed by atoms with Gasteiger partial charge in [0.15, 0.2) is 0 Å². The number of unbranched alkanes of at least 4 members (excludes halogenated alkanes) is 2. The Kier molecular flexibility index (Phi) is 10.8. The van der Waals surface area contributed by atoms with E-state index in [0.29, 0.717) is 19.3 Å². The van der Waals surface area contributed by atoms with Gasteiger partial charge in [0.1, 0.15) is 0 Å². The number of amides is 1. The molecule has 0 spiro atoms. The van der Waals surface area contributed by atoms with Crippen molar-refractivity contribution in [1.82, 2.24) is 5.32 Å². The lowest BCUT2D eigenvalue weighted by Crippen LogP contribution is -2.41. The lowest BCUT2D eigenvalue weighted by atomic mass is 9.72. The first-order valence-corrected chi connectivity index (χ1v) is 9.85. The number of nitrogens with one attached hydrogen (secondary N) is 1. The van der Waals surface area contributed by atoms with E-state index in [2.05, 4.69) is 10.2 Å². The summed E-state index contributed by atoms with van der Waals surface area (Å²) >= 11 is 0. The standard InChI is InChI=1S/C18H30N2O9/c1-14(28-16(23)8-4-2-7-11-27-20(25)26)29-17(24)19-13-18(12-15(21)22)9-5-3-6-10-18/h14H,2-13H2,1H3,(H,19,24)(H,21,22). The quantitative estimate of drug-likeness (QED) is 0.151. The van der Waals surface area contributed by atoms with Crippen molar-refractivity contribution in [3.05, 3.63) is 10.1 Å². The molecule has 1 aliphatic carbocycles. The summed E-state index contributed by atoms with van der Waals surface area (Å²) < 4.78 is 9.99. The minimum Gasteiger partial charge on any atom is -0.481 e. The Bertz CT molecular complexity index is 562. The topological polar surface area (TPSA) is 154 Å². The van der Waals surface area contributed by atoms with Gasteiger partial charge in [-0.25, -0.2) is 4.79 Å². The highest BCUT2D eigenvalue weighted by molar-refractivity contribution is 5.71. The average Bonchev–Trinajstić information content (AvgIpc) is 2.63. The van der Waals surface area contributed by atoms with Crippen LogP contribution >= 0.6 is 0 Å². The number of carbonyl (C=O) groups is 3. The van der Waals surface area contributed by atoms with E-state index in [9.17, 15) is 24.5 Å². The predicted molar refractivity (Wildman–Crippen MR) is 99.2 cm³/mol. The molecule has 1 aliphatic rings. The Morgan fingerprint density at radius 1 is 1.14 bits per heavy atom. The smallest absolute Gasteiger partial charge is 0.410 e. The largest absolute Gasteiger partial charge is 0.481 e. The lowest BCUT2D eigenvalue weighted by Gasteiger charge is -2.36. The highest BCUT2D eigenvalue weighted by Gasteiger charge is 2.35. The second-order valence-corrected chi connectivity index (χ2v) is 7.32. The predicted octanol–water partition coefficient (Wildman–Crippen LogP) is 2.80. The molecule has 0 heterocycles. The fourth-order valence-corrected chi connectivity index (χ4v) is 3.45. The molecule has 0 bridgehead atoms. The van der Waals surface area contributed by atoms with Gasteiger partial charge < -0.3 is 24.7 Å². The molecule has 1 fully saturated rings. The van der Waals surface area contributed by atoms with Crippen LogP contribution in [0.2, 0.25) is 0 Å². The number of alkyl carbamates (subject to hydrolysis) is 1. The van der Waals surface area contributed by atoms with Crippen molar-refractivity contribution < 1.29 is 38.9 Å². The van der Waals surface area contributed by atoms with Crippen LogP contribution in [-0.2, 0) is 23.9 Å². The number of hydrogen-bond acceptors (Lipinski definition) is 8. The molecule has 1 amide bonds. The number of carbonyl (C=O) groups excluding carboxylic acids is 2. The van der Waals surface area contributed by atoms with E-state index in [0.717, 1.165) is 32.1 Å². The molecule has 0 saturated heterocycles. The van der Waals surface area contributed by atoms with Gasteiger partial charge in [0.2, 0.25) is 6.29 Å². The third-order valence-electron chi connectivity index (χ3n) is 4.84. The number of aliphatic carboxylic acids is 1. The van der Waals surface area contributed by atoms with Crippen LogP contribution in [0.5, 0.6) is 0 Å². The minimum absolute atomic E-state index is 0.00940. The number of esters is 1. The van der Waals surface area contributed by atoms with Gasteiger partial charge in [0.05, 0.1) is 13.0 Å². The van der Waals surface area contributed by atoms with E-state index in [4.69, 9.17) is 14.6 Å². The number of rotatable bonds is 13. The molecule has 2 N–H and O–H groups in total. The van der Waals surface area contributed by atoms with Gasteiger partial charge in [-0.15, -0.1) is 10.1 Å². The zero-order valence-corrected chi connectivity index (χ0v) is 16.7. The first-order valence-electron chi connectivity index (χ1n) is 9.85. The maximum atomic E-state index is 12.0. The van der Waals surface area contributed by atoms with Crippen molar-refractivity contribution >= 4 is 18.0 Å². The number of carboxylic acid groups (broad SMARTS) is 1. The molecule has 11 heteroatoms. The van der Waals surface area contributed by atoms with Crippen molar-refractivity contribution in [2.24, 2.45) is 5.41 Å². The Labute approximate surface area is 169 Å². The second-order valence-electron chi connectivity index (χ2n) is 7.32. The van der Waals surface area contributed by atoms with Gasteiger partial charge >= 0.3 is 18.0 Å². The van der Waals surface area contributed by atoms with Crippen molar-refractivity contribution in [2.75, 3.05) is 13.2 Å². The van der Waals surface area contributed by atoms with E-state index >= 15 is 0 Å². The summed E-state index contributed by atoms with van der Waals surface area (Å²) in [5.74, 6) is -1.44. The second kappa shape index (κ2) is 12.8. The highest BCUT2D eigenvalue weighted by Crippen LogP contribution is 2.38. The molecular formula is C18H30N2O9. The van der Waals surface area contributed by atoms with Crippen LogP contribution in [0.4, 0.5) is 4.79 Å². The molecule has 0 radical (unpaired) electrons. The molecule has 1 saturated carbocycles. The van der Waals surface area contributed by atoms with Crippen LogP contribution < -0.4 is 5.32 Å². The van der Waals surface area contributed by atoms with Crippen LogP contribution in [0.15, 0.2) is 0 Å². The van der Waals surface area contributed by atoms with Gasteiger partial charge in [-0.05, 0) is 31.1 Å². The summed E-state index contributed by atoms with van der Waals surface area (Å²) in [7, 11) is 0. The van der Waals surface area contributed by atoms with E-state index < -0.39 is 34.8 Å². The zero-order chi connectivity index (χ0) is 21.7. The Morgan fingerprint density at radius 3 is 2.45 bits per heavy atom. The maximum absolute atomic E-state index is 12.0. The van der Waals surface area contributed by atoms with E-state index in [1.54, 1.807) is 0 Å². The highest BCUT2D eigenvalue weighted by atomic mass is 16.9. The van der Waals surface area contributed by atoms with Crippen molar-refractivity contribution in [3.8, 4) is 0 Å². The van der Waals surface area contributed by atoms with E-state index in [1.165, 1.54) is 6.92 Å². The van der Waals surface area contributed by atoms with E-state index in [-0.39, 0.29) is 26.0 Å². The molecule has 29 heavy (non-hydrogen) atoms. The molecular weight excluding hydrogens is 388 g/mol. The first-order chi connectivity index (χ1) is 13.7. The Morgan fingerprint density at radius 2 is 1.83 bits per heavy atom. The SMILES string of the molecule is CC(OC(=O)CCCCCO[N+](=O)[O-])OC(=O)NCC1(CC(=O)O)CCCCC1. The molecule has 0 aliphatic heterocycles. The summed E-state index contributed by atoms with van der Waals surface area (Å²) in [5, 5.41) is 20.9. The van der Waals surface area contributed by atoms with Gasteiger partial charge in [0.25, 0.3) is 5.09 Å². The van der Waals surface area contributed by atoms with Crippen molar-refractivity contribution in [2.45, 2.75) is 77.4 Å². The Balaban J connectivity index is 2.24. The van der Waals surface area contributed by atoms with Crippen LogP contribution in [0.3, 0.4) is 0 Å². The monoisotopic (exact) mass is 418 g/mol. The lowest BCUT2D eigenvalue weighted by molar-refractivity contribution is -0.757. The minimum atomic E-state index is -1.08. The number of carboxylic acids is 1. The van der Waals surface area contributed by atoms with Gasteiger partial charge in [0, 0.05) is 19.9 Å². The zero-order valence-electron chi connectivity index (χ0n) is 16.7. The van der Waals surface area contributed by atoms with Crippen LogP contribution in [0.1, 0.15) is 71.1 Å². The fraction of sp³-hybridized carbons (Fsp3) is 0.833. The third-order valence-corrected chi connectivity index (χ3v) is 4.84. The van der Waals surface area contributed by atoms with Crippen LogP contribution in [-0.4, -0.2) is 47.7 Å². The number of hydrogen-bond donors (Lipinski definition) is 2. The summed E-state index contributed by atoms with van der Waals surface area (Å²) in [6.45, 7) is 1.59. The molecule has 166 valence electrons. The van der Waals surface area contributed by atoms with Gasteiger partial charge in [-0.2, -0.15) is 0 Å². The molecule has 0 aromatic carbocycles. The average molecular weight is 418 g/mol. The fourth-order valence-electron chi connectivity index (χ4n) is 3.45.